The number of fused-ring (bicyclic) bond motifs is 2. The van der Waals surface area contributed by atoms with E-state index in [1.54, 1.807) is 0 Å². The number of aromatic nitrogens is 2. The van der Waals surface area contributed by atoms with Crippen molar-refractivity contribution in [1.29, 1.82) is 0 Å². The van der Waals surface area contributed by atoms with Gasteiger partial charge < -0.3 is 15.6 Å². The van der Waals surface area contributed by atoms with Gasteiger partial charge in [-0.05, 0) is 43.4 Å². The van der Waals surface area contributed by atoms with Crippen LogP contribution >= 0.6 is 0 Å². The number of amides is 1. The van der Waals surface area contributed by atoms with Crippen molar-refractivity contribution in [3.8, 4) is 0 Å². The lowest BCUT2D eigenvalue weighted by atomic mass is 9.77. The smallest absolute Gasteiger partial charge is 0.254 e. The molecule has 154 valence electrons. The summed E-state index contributed by atoms with van der Waals surface area (Å²) in [7, 11) is 0. The van der Waals surface area contributed by atoms with Gasteiger partial charge in [0.1, 0.15) is 5.82 Å². The predicted molar refractivity (Wildman–Crippen MR) is 113 cm³/mol. The van der Waals surface area contributed by atoms with Gasteiger partial charge in [-0.1, -0.05) is 32.9 Å². The Labute approximate surface area is 171 Å². The molecule has 1 unspecified atom stereocenters. The maximum atomic E-state index is 13.2. The molecule has 1 aliphatic carbocycles. The first-order chi connectivity index (χ1) is 13.7. The lowest BCUT2D eigenvalue weighted by molar-refractivity contribution is 0.0633. The number of nitrogens with zero attached hydrogens (tertiary/aromatic N) is 2. The molecule has 1 saturated heterocycles. The van der Waals surface area contributed by atoms with E-state index in [-0.39, 0.29) is 22.3 Å². The van der Waals surface area contributed by atoms with E-state index in [1.165, 1.54) is 0 Å². The van der Waals surface area contributed by atoms with Gasteiger partial charge in [0, 0.05) is 41.6 Å². The number of carbonyl (C=O) groups is 1. The predicted octanol–water partition coefficient (Wildman–Crippen LogP) is 2.65. The van der Waals surface area contributed by atoms with Crippen LogP contribution in [0.4, 0.5) is 0 Å². The third-order valence-corrected chi connectivity index (χ3v) is 6.38. The Balaban J connectivity index is 1.66. The van der Waals surface area contributed by atoms with Gasteiger partial charge >= 0.3 is 0 Å². The number of H-pyrrole nitrogens is 1. The zero-order chi connectivity index (χ0) is 20.8. The molecule has 1 amide bonds. The van der Waals surface area contributed by atoms with E-state index in [1.807, 2.05) is 29.2 Å². The van der Waals surface area contributed by atoms with E-state index in [0.717, 1.165) is 54.9 Å². The topological polar surface area (TPSA) is 92.1 Å². The Morgan fingerprint density at radius 3 is 2.62 bits per heavy atom. The number of nitrogens with one attached hydrogen (secondary N) is 1. The van der Waals surface area contributed by atoms with Gasteiger partial charge in [0.15, 0.2) is 0 Å². The van der Waals surface area contributed by atoms with E-state index in [4.69, 9.17) is 10.7 Å². The average Bonchev–Trinajstić information content (AvgIpc) is 3.05. The Morgan fingerprint density at radius 2 is 1.97 bits per heavy atom. The van der Waals surface area contributed by atoms with Crippen LogP contribution < -0.4 is 11.3 Å². The zero-order valence-corrected chi connectivity index (χ0v) is 17.5. The Bertz CT molecular complexity index is 987. The van der Waals surface area contributed by atoms with Crippen LogP contribution in [0.15, 0.2) is 29.1 Å². The van der Waals surface area contributed by atoms with E-state index < -0.39 is 0 Å². The van der Waals surface area contributed by atoms with E-state index in [2.05, 4.69) is 25.8 Å². The van der Waals surface area contributed by atoms with Crippen LogP contribution in [-0.2, 0) is 23.8 Å². The lowest BCUT2D eigenvalue weighted by Gasteiger charge is -2.40. The van der Waals surface area contributed by atoms with Crippen molar-refractivity contribution in [3.63, 3.8) is 0 Å². The number of benzene rings is 1. The third kappa shape index (κ3) is 3.50. The first kappa shape index (κ1) is 19.8. The lowest BCUT2D eigenvalue weighted by Crippen LogP contribution is -2.48. The molecule has 4 rings (SSSR count). The Kier molecular flexibility index (Phi) is 4.85. The minimum atomic E-state index is -0.229. The molecule has 2 heterocycles. The molecule has 1 spiro atoms. The highest BCUT2D eigenvalue weighted by Gasteiger charge is 2.46. The minimum Gasteiger partial charge on any atom is -0.338 e. The molecule has 3 N–H and O–H groups in total. The van der Waals surface area contributed by atoms with Crippen LogP contribution in [0.2, 0.25) is 0 Å². The molecule has 2 aliphatic rings. The largest absolute Gasteiger partial charge is 0.338 e. The fourth-order valence-electron chi connectivity index (χ4n) is 4.67. The van der Waals surface area contributed by atoms with Gasteiger partial charge in [0.05, 0.1) is 5.69 Å². The van der Waals surface area contributed by atoms with Crippen molar-refractivity contribution < 1.29 is 4.79 Å². The highest BCUT2D eigenvalue weighted by atomic mass is 16.2. The molecule has 1 atom stereocenters. The van der Waals surface area contributed by atoms with E-state index >= 15 is 0 Å². The summed E-state index contributed by atoms with van der Waals surface area (Å²) >= 11 is 0. The normalized spacial score (nSPS) is 21.4. The molecule has 1 aromatic carbocycles. The number of likely N-dealkylation sites (tertiary alicyclic amines) is 1. The Morgan fingerprint density at radius 1 is 1.24 bits per heavy atom. The molecule has 2 aromatic rings. The first-order valence-corrected chi connectivity index (χ1v) is 10.5. The maximum Gasteiger partial charge on any atom is 0.254 e. The third-order valence-electron chi connectivity index (χ3n) is 6.38. The molecule has 0 saturated carbocycles. The molecular formula is C23H30N4O2. The number of aromatic amines is 1. The van der Waals surface area contributed by atoms with Gasteiger partial charge in [0.2, 0.25) is 0 Å². The molecule has 6 heteroatoms. The minimum absolute atomic E-state index is 0.0161. The van der Waals surface area contributed by atoms with Crippen LogP contribution in [0.3, 0.4) is 0 Å². The summed E-state index contributed by atoms with van der Waals surface area (Å²) in [5, 5.41) is 0. The van der Waals surface area contributed by atoms with Gasteiger partial charge in [-0.15, -0.1) is 0 Å². The fraction of sp³-hybridized carbons (Fsp3) is 0.522. The quantitative estimate of drug-likeness (QED) is 0.819. The molecule has 6 nitrogen and oxygen atoms in total. The van der Waals surface area contributed by atoms with Crippen molar-refractivity contribution in [2.45, 2.75) is 63.8 Å². The molecule has 1 aliphatic heterocycles. The molecule has 0 radical (unpaired) electrons. The summed E-state index contributed by atoms with van der Waals surface area (Å²) in [6.07, 6.45) is 3.50. The SMILES string of the molecule is CC(C)(C)c1nc2c(c(=O)[nH]1)CCC21CCCN(C(=O)c2ccc(CN)cc2)C1. The summed E-state index contributed by atoms with van der Waals surface area (Å²) in [5.41, 5.74) is 8.63. The van der Waals surface area contributed by atoms with Gasteiger partial charge in [-0.3, -0.25) is 9.59 Å². The fourth-order valence-corrected chi connectivity index (χ4v) is 4.67. The second-order valence-corrected chi connectivity index (χ2v) is 9.50. The van der Waals surface area contributed by atoms with Crippen LogP contribution in [0.5, 0.6) is 0 Å². The van der Waals surface area contributed by atoms with Crippen LogP contribution in [0.25, 0.3) is 0 Å². The van der Waals surface area contributed by atoms with Crippen LogP contribution in [0, 0.1) is 0 Å². The highest BCUT2D eigenvalue weighted by molar-refractivity contribution is 5.94. The van der Waals surface area contributed by atoms with E-state index in [0.29, 0.717) is 18.7 Å². The highest BCUT2D eigenvalue weighted by Crippen LogP contribution is 2.43. The van der Waals surface area contributed by atoms with Crippen LogP contribution in [-0.4, -0.2) is 33.9 Å². The standard InChI is InChI=1S/C23H30N4O2/c1-22(2,3)21-25-18-17(19(28)26-21)9-11-23(18)10-4-12-27(14-23)20(29)16-7-5-15(13-24)6-8-16/h5-8H,4,9-14,24H2,1-3H3,(H,25,26,28). The molecule has 29 heavy (non-hydrogen) atoms. The number of carbonyl (C=O) groups excluding carboxylic acids is 1. The van der Waals surface area contributed by atoms with Crippen molar-refractivity contribution in [2.24, 2.45) is 5.73 Å². The average molecular weight is 395 g/mol. The van der Waals surface area contributed by atoms with Gasteiger partial charge in [-0.2, -0.15) is 0 Å². The van der Waals surface area contributed by atoms with Gasteiger partial charge in [0.25, 0.3) is 11.5 Å². The van der Waals surface area contributed by atoms with E-state index in [9.17, 15) is 9.59 Å². The zero-order valence-electron chi connectivity index (χ0n) is 17.5. The van der Waals surface area contributed by atoms with Gasteiger partial charge in [-0.25, -0.2) is 4.98 Å². The molecule has 1 fully saturated rings. The monoisotopic (exact) mass is 394 g/mol. The molecule has 1 aromatic heterocycles. The van der Waals surface area contributed by atoms with Crippen LogP contribution in [0.1, 0.15) is 73.0 Å². The van der Waals surface area contributed by atoms with Crippen molar-refractivity contribution in [3.05, 3.63) is 62.8 Å². The van der Waals surface area contributed by atoms with Crippen molar-refractivity contribution >= 4 is 5.91 Å². The maximum absolute atomic E-state index is 13.2. The number of rotatable bonds is 2. The number of hydrogen-bond donors (Lipinski definition) is 2. The van der Waals surface area contributed by atoms with Crippen molar-refractivity contribution in [1.82, 2.24) is 14.9 Å². The number of hydrogen-bond acceptors (Lipinski definition) is 4. The number of piperidine rings is 1. The second-order valence-electron chi connectivity index (χ2n) is 9.50. The van der Waals surface area contributed by atoms with Crippen molar-refractivity contribution in [2.75, 3.05) is 13.1 Å². The Hall–Kier alpha value is -2.47. The first-order valence-electron chi connectivity index (χ1n) is 10.5. The summed E-state index contributed by atoms with van der Waals surface area (Å²) in [6.45, 7) is 8.00. The summed E-state index contributed by atoms with van der Waals surface area (Å²) in [6, 6.07) is 7.53. The summed E-state index contributed by atoms with van der Waals surface area (Å²) in [5.74, 6) is 0.769. The molecule has 0 bridgehead atoms. The summed E-state index contributed by atoms with van der Waals surface area (Å²) < 4.78 is 0. The number of nitrogens with two attached hydrogens (primary N) is 1. The summed E-state index contributed by atoms with van der Waals surface area (Å²) in [4.78, 5) is 35.7. The molecular weight excluding hydrogens is 364 g/mol. The second kappa shape index (κ2) is 7.10.